The molecule has 0 N–H and O–H groups in total. The molecule has 2 rings (SSSR count). The summed E-state index contributed by atoms with van der Waals surface area (Å²) in [5.41, 5.74) is 3.93. The molecule has 2 aromatic rings. The SMILES string of the molecule is C=Cc1ccc(CCCCCOc2ccccc2CCC)cc1. The molecule has 0 atom stereocenters. The van der Waals surface area contributed by atoms with E-state index in [2.05, 4.69) is 62.0 Å². The van der Waals surface area contributed by atoms with E-state index >= 15 is 0 Å². The molecule has 122 valence electrons. The maximum Gasteiger partial charge on any atom is 0.122 e. The Kier molecular flexibility index (Phi) is 7.45. The van der Waals surface area contributed by atoms with E-state index in [4.69, 9.17) is 4.74 Å². The molecule has 0 unspecified atom stereocenters. The smallest absolute Gasteiger partial charge is 0.122 e. The van der Waals surface area contributed by atoms with E-state index in [0.717, 1.165) is 38.0 Å². The standard InChI is InChI=1S/C22H28O/c1-3-10-21-12-7-8-13-22(21)23-18-9-5-6-11-20-16-14-19(4-2)15-17-20/h4,7-8,12-17H,2-3,5-6,9-11,18H2,1H3. The van der Waals surface area contributed by atoms with Gasteiger partial charge in [-0.15, -0.1) is 0 Å². The highest BCUT2D eigenvalue weighted by Crippen LogP contribution is 2.20. The third-order valence-electron chi connectivity index (χ3n) is 4.07. The number of rotatable bonds is 10. The first-order valence-corrected chi connectivity index (χ1v) is 8.75. The second kappa shape index (κ2) is 9.89. The molecule has 2 aromatic carbocycles. The Bertz CT molecular complexity index is 583. The number of unbranched alkanes of at least 4 members (excludes halogenated alkanes) is 2. The second-order valence-electron chi connectivity index (χ2n) is 5.96. The van der Waals surface area contributed by atoms with Crippen molar-refractivity contribution in [3.63, 3.8) is 0 Å². The van der Waals surface area contributed by atoms with Crippen molar-refractivity contribution < 1.29 is 4.74 Å². The fourth-order valence-corrected chi connectivity index (χ4v) is 2.73. The van der Waals surface area contributed by atoms with Crippen molar-refractivity contribution in [2.45, 2.75) is 45.4 Å². The van der Waals surface area contributed by atoms with Crippen molar-refractivity contribution in [1.82, 2.24) is 0 Å². The highest BCUT2D eigenvalue weighted by Gasteiger charge is 2.01. The van der Waals surface area contributed by atoms with Gasteiger partial charge in [0.1, 0.15) is 5.75 Å². The van der Waals surface area contributed by atoms with Crippen LogP contribution in [0.25, 0.3) is 6.08 Å². The summed E-state index contributed by atoms with van der Waals surface area (Å²) in [5.74, 6) is 1.06. The third kappa shape index (κ3) is 5.94. The fourth-order valence-electron chi connectivity index (χ4n) is 2.73. The summed E-state index contributed by atoms with van der Waals surface area (Å²) in [6.07, 6.45) is 8.82. The average molecular weight is 308 g/mol. The average Bonchev–Trinajstić information content (AvgIpc) is 2.60. The summed E-state index contributed by atoms with van der Waals surface area (Å²) in [4.78, 5) is 0. The topological polar surface area (TPSA) is 9.23 Å². The molecule has 0 saturated heterocycles. The number of hydrogen-bond acceptors (Lipinski definition) is 1. The molecule has 0 aliphatic carbocycles. The lowest BCUT2D eigenvalue weighted by molar-refractivity contribution is 0.302. The summed E-state index contributed by atoms with van der Waals surface area (Å²) in [7, 11) is 0. The van der Waals surface area contributed by atoms with Crippen LogP contribution >= 0.6 is 0 Å². The number of hydrogen-bond donors (Lipinski definition) is 0. The molecule has 23 heavy (non-hydrogen) atoms. The van der Waals surface area contributed by atoms with E-state index in [1.54, 1.807) is 0 Å². The zero-order valence-electron chi connectivity index (χ0n) is 14.3. The minimum Gasteiger partial charge on any atom is -0.493 e. The van der Waals surface area contributed by atoms with Crippen LogP contribution in [0.1, 0.15) is 49.3 Å². The number of aryl methyl sites for hydroxylation is 2. The predicted octanol–water partition coefficient (Wildman–Crippen LogP) is 6.07. The van der Waals surface area contributed by atoms with Gasteiger partial charge in [0.05, 0.1) is 6.61 Å². The van der Waals surface area contributed by atoms with Crippen molar-refractivity contribution in [2.75, 3.05) is 6.61 Å². The quantitative estimate of drug-likeness (QED) is 0.484. The van der Waals surface area contributed by atoms with Gasteiger partial charge in [-0.25, -0.2) is 0 Å². The van der Waals surface area contributed by atoms with Gasteiger partial charge < -0.3 is 4.74 Å². The lowest BCUT2D eigenvalue weighted by atomic mass is 10.1. The number of benzene rings is 2. The van der Waals surface area contributed by atoms with Gasteiger partial charge in [-0.3, -0.25) is 0 Å². The summed E-state index contributed by atoms with van der Waals surface area (Å²) in [5, 5.41) is 0. The highest BCUT2D eigenvalue weighted by molar-refractivity contribution is 5.47. The molecule has 1 heteroatoms. The van der Waals surface area contributed by atoms with Crippen molar-refractivity contribution in [3.8, 4) is 5.75 Å². The van der Waals surface area contributed by atoms with Gasteiger partial charge in [0.25, 0.3) is 0 Å². The minimum absolute atomic E-state index is 0.816. The van der Waals surface area contributed by atoms with Crippen LogP contribution in [0.3, 0.4) is 0 Å². The van der Waals surface area contributed by atoms with Crippen LogP contribution in [0.15, 0.2) is 55.1 Å². The molecule has 0 spiro atoms. The molecule has 0 aliphatic heterocycles. The normalized spacial score (nSPS) is 10.5. The summed E-state index contributed by atoms with van der Waals surface area (Å²) in [6, 6.07) is 17.1. The van der Waals surface area contributed by atoms with E-state index in [0.29, 0.717) is 0 Å². The van der Waals surface area contributed by atoms with Gasteiger partial charge in [-0.1, -0.05) is 68.5 Å². The van der Waals surface area contributed by atoms with Gasteiger partial charge >= 0.3 is 0 Å². The van der Waals surface area contributed by atoms with Crippen LogP contribution in [0.5, 0.6) is 5.75 Å². The Morgan fingerprint density at radius 1 is 0.913 bits per heavy atom. The number of para-hydroxylation sites is 1. The van der Waals surface area contributed by atoms with E-state index in [1.807, 2.05) is 6.08 Å². The Morgan fingerprint density at radius 2 is 1.70 bits per heavy atom. The first-order valence-electron chi connectivity index (χ1n) is 8.75. The van der Waals surface area contributed by atoms with E-state index in [9.17, 15) is 0 Å². The molecule has 0 bridgehead atoms. The van der Waals surface area contributed by atoms with Crippen molar-refractivity contribution >= 4 is 6.08 Å². The van der Waals surface area contributed by atoms with E-state index in [-0.39, 0.29) is 0 Å². The van der Waals surface area contributed by atoms with Crippen LogP contribution in [0.2, 0.25) is 0 Å². The van der Waals surface area contributed by atoms with Crippen LogP contribution in [0.4, 0.5) is 0 Å². The van der Waals surface area contributed by atoms with Gasteiger partial charge in [-0.05, 0) is 54.9 Å². The first-order chi connectivity index (χ1) is 11.3. The Hall–Kier alpha value is -2.02. The maximum absolute atomic E-state index is 5.96. The largest absolute Gasteiger partial charge is 0.493 e. The fraction of sp³-hybridized carbons (Fsp3) is 0.364. The molecular formula is C22H28O. The molecule has 0 aliphatic rings. The number of ether oxygens (including phenoxy) is 1. The Balaban J connectivity index is 1.65. The Labute approximate surface area is 141 Å². The van der Waals surface area contributed by atoms with Gasteiger partial charge in [0.15, 0.2) is 0 Å². The minimum atomic E-state index is 0.816. The van der Waals surface area contributed by atoms with Crippen LogP contribution < -0.4 is 4.74 Å². The van der Waals surface area contributed by atoms with Gasteiger partial charge in [-0.2, -0.15) is 0 Å². The lowest BCUT2D eigenvalue weighted by Crippen LogP contribution is -2.00. The summed E-state index contributed by atoms with van der Waals surface area (Å²) >= 11 is 0. The summed E-state index contributed by atoms with van der Waals surface area (Å²) < 4.78 is 5.96. The molecule has 1 nitrogen and oxygen atoms in total. The maximum atomic E-state index is 5.96. The molecule has 0 radical (unpaired) electrons. The Morgan fingerprint density at radius 3 is 2.43 bits per heavy atom. The third-order valence-corrected chi connectivity index (χ3v) is 4.07. The first kappa shape index (κ1) is 17.3. The molecule has 0 fully saturated rings. The molecule has 0 saturated carbocycles. The van der Waals surface area contributed by atoms with Crippen LogP contribution in [0, 0.1) is 0 Å². The van der Waals surface area contributed by atoms with Crippen molar-refractivity contribution in [3.05, 3.63) is 71.8 Å². The molecule has 0 amide bonds. The molecule has 0 heterocycles. The van der Waals surface area contributed by atoms with Crippen molar-refractivity contribution in [1.29, 1.82) is 0 Å². The van der Waals surface area contributed by atoms with Crippen molar-refractivity contribution in [2.24, 2.45) is 0 Å². The zero-order valence-corrected chi connectivity index (χ0v) is 14.3. The highest BCUT2D eigenvalue weighted by atomic mass is 16.5. The van der Waals surface area contributed by atoms with Gasteiger partial charge in [0, 0.05) is 0 Å². The molecular weight excluding hydrogens is 280 g/mol. The molecule has 0 aromatic heterocycles. The summed E-state index contributed by atoms with van der Waals surface area (Å²) in [6.45, 7) is 6.81. The van der Waals surface area contributed by atoms with Crippen LogP contribution in [-0.2, 0) is 12.8 Å². The monoisotopic (exact) mass is 308 g/mol. The second-order valence-corrected chi connectivity index (χ2v) is 5.96. The lowest BCUT2D eigenvalue weighted by Gasteiger charge is -2.10. The predicted molar refractivity (Wildman–Crippen MR) is 100 cm³/mol. The zero-order chi connectivity index (χ0) is 16.3. The van der Waals surface area contributed by atoms with Crippen LogP contribution in [-0.4, -0.2) is 6.61 Å². The van der Waals surface area contributed by atoms with Gasteiger partial charge in [0.2, 0.25) is 0 Å². The van der Waals surface area contributed by atoms with E-state index in [1.165, 1.54) is 29.5 Å². The van der Waals surface area contributed by atoms with E-state index < -0.39 is 0 Å².